The number of fused-ring (bicyclic) bond motifs is 1. The van der Waals surface area contributed by atoms with E-state index in [1.54, 1.807) is 25.8 Å². The quantitative estimate of drug-likeness (QED) is 0.505. The van der Waals surface area contributed by atoms with E-state index in [1.165, 1.54) is 6.08 Å². The fourth-order valence-electron chi connectivity index (χ4n) is 2.53. The maximum Gasteiger partial charge on any atom is 0.243 e. The Kier molecular flexibility index (Phi) is 12.4. The monoisotopic (exact) mass is 487 g/mol. The lowest BCUT2D eigenvalue weighted by molar-refractivity contribution is -0.116. The van der Waals surface area contributed by atoms with Gasteiger partial charge in [0.25, 0.3) is 0 Å². The van der Waals surface area contributed by atoms with Gasteiger partial charge in [0.05, 0.1) is 9.99 Å². The zero-order valence-electron chi connectivity index (χ0n) is 18.3. The number of hydrogen-bond acceptors (Lipinski definition) is 7. The van der Waals surface area contributed by atoms with Gasteiger partial charge >= 0.3 is 0 Å². The van der Waals surface area contributed by atoms with Crippen molar-refractivity contribution >= 4 is 44.5 Å². The molecule has 1 amide bonds. The minimum Gasteiger partial charge on any atom is -0.368 e. The van der Waals surface area contributed by atoms with E-state index >= 15 is 0 Å². The van der Waals surface area contributed by atoms with Crippen LogP contribution in [0, 0.1) is 0 Å². The summed E-state index contributed by atoms with van der Waals surface area (Å²) in [5.41, 5.74) is 6.21. The molecular formula is C22H30BrN7O. The van der Waals surface area contributed by atoms with Gasteiger partial charge < -0.3 is 16.0 Å². The lowest BCUT2D eigenvalue weighted by Crippen LogP contribution is -2.26. The molecule has 0 unspecified atom stereocenters. The van der Waals surface area contributed by atoms with Gasteiger partial charge in [-0.25, -0.2) is 19.9 Å². The Balaban J connectivity index is 0.000000284. The van der Waals surface area contributed by atoms with Crippen LogP contribution in [0.1, 0.15) is 26.7 Å². The first-order valence-electron chi connectivity index (χ1n) is 9.98. The highest BCUT2D eigenvalue weighted by Gasteiger charge is 2.10. The largest absolute Gasteiger partial charge is 0.368 e. The third-order valence-electron chi connectivity index (χ3n) is 3.88. The van der Waals surface area contributed by atoms with Crippen molar-refractivity contribution in [3.05, 3.63) is 60.1 Å². The third kappa shape index (κ3) is 9.52. The van der Waals surface area contributed by atoms with Crippen LogP contribution in [0.15, 0.2) is 60.1 Å². The predicted octanol–water partition coefficient (Wildman–Crippen LogP) is 4.00. The fourth-order valence-corrected chi connectivity index (χ4v) is 2.74. The van der Waals surface area contributed by atoms with E-state index in [9.17, 15) is 4.79 Å². The Morgan fingerprint density at radius 2 is 1.74 bits per heavy atom. The number of aromatic nitrogens is 4. The molecule has 166 valence electrons. The van der Waals surface area contributed by atoms with Crippen LogP contribution < -0.4 is 16.0 Å². The molecule has 31 heavy (non-hydrogen) atoms. The number of likely N-dealkylation sites (N-methyl/N-ethyl adjacent to an activating group) is 1. The number of nitrogens with two attached hydrogens (primary N) is 1. The molecule has 0 atom stereocenters. The second-order valence-corrected chi connectivity index (χ2v) is 7.20. The van der Waals surface area contributed by atoms with Crippen molar-refractivity contribution in [3.63, 3.8) is 0 Å². The molecule has 0 aliphatic rings. The number of nitrogens with zero attached hydrogens (tertiary/aromatic N) is 5. The Hall–Kier alpha value is -3.07. The maximum absolute atomic E-state index is 9.95. The minimum atomic E-state index is -0.144. The van der Waals surface area contributed by atoms with Crippen LogP contribution in [0.5, 0.6) is 0 Å². The zero-order valence-corrected chi connectivity index (χ0v) is 19.8. The summed E-state index contributed by atoms with van der Waals surface area (Å²) >= 11 is 3.16. The average molecular weight is 488 g/mol. The number of benzene rings is 1. The number of amides is 1. The Morgan fingerprint density at radius 3 is 2.23 bits per heavy atom. The van der Waals surface area contributed by atoms with E-state index < -0.39 is 0 Å². The van der Waals surface area contributed by atoms with Gasteiger partial charge in [-0.05, 0) is 47.0 Å². The van der Waals surface area contributed by atoms with E-state index in [0.717, 1.165) is 47.1 Å². The summed E-state index contributed by atoms with van der Waals surface area (Å²) in [4.78, 5) is 28.5. The number of halogens is 1. The summed E-state index contributed by atoms with van der Waals surface area (Å²) in [7, 11) is 1.56. The number of para-hydroxylation sites is 1. The molecule has 0 aliphatic carbocycles. The molecular weight excluding hydrogens is 458 g/mol. The van der Waals surface area contributed by atoms with Crippen molar-refractivity contribution in [2.24, 2.45) is 0 Å². The Labute approximate surface area is 192 Å². The second kappa shape index (κ2) is 14.8. The van der Waals surface area contributed by atoms with Gasteiger partial charge in [-0.15, -0.1) is 0 Å². The van der Waals surface area contributed by atoms with E-state index in [-0.39, 0.29) is 5.91 Å². The number of nitrogen functional groups attached to an aromatic ring is 1. The molecule has 0 radical (unpaired) electrons. The third-order valence-corrected chi connectivity index (χ3v) is 4.29. The summed E-state index contributed by atoms with van der Waals surface area (Å²) < 4.78 is 0.840. The Morgan fingerprint density at radius 1 is 1.13 bits per heavy atom. The standard InChI is InChI=1S/C14H19N3.C4H4BrN3.C4H7NO/c1-3-9-17(10-4-2)14-12-7-5-6-8-13(12)15-11-16-14;5-3-1-7-4(6)8-2-3;1-3-4(6)5-2/h5-8,11H,3-4,9-10H2,1-2H3;1-2H,(H2,6,7,8);3H,1H2,2H3,(H,5,6). The highest BCUT2D eigenvalue weighted by atomic mass is 79.9. The molecule has 0 spiro atoms. The van der Waals surface area contributed by atoms with Crippen LogP contribution in [-0.4, -0.2) is 46.0 Å². The summed E-state index contributed by atoms with van der Waals surface area (Å²) in [6.07, 6.45) is 8.36. The first-order valence-corrected chi connectivity index (χ1v) is 10.8. The smallest absolute Gasteiger partial charge is 0.243 e. The summed E-state index contributed by atoms with van der Waals surface area (Å²) in [5, 5.41) is 3.51. The van der Waals surface area contributed by atoms with Crippen molar-refractivity contribution in [2.75, 3.05) is 30.8 Å². The van der Waals surface area contributed by atoms with Gasteiger partial charge in [-0.2, -0.15) is 0 Å². The van der Waals surface area contributed by atoms with Crippen LogP contribution in [0.4, 0.5) is 11.8 Å². The number of carbonyl (C=O) groups is 1. The maximum atomic E-state index is 9.95. The van der Waals surface area contributed by atoms with Gasteiger partial charge in [0.15, 0.2) is 0 Å². The number of hydrogen-bond donors (Lipinski definition) is 2. The van der Waals surface area contributed by atoms with Crippen LogP contribution in [-0.2, 0) is 4.79 Å². The van der Waals surface area contributed by atoms with E-state index in [4.69, 9.17) is 5.73 Å². The van der Waals surface area contributed by atoms with Crippen LogP contribution in [0.3, 0.4) is 0 Å². The molecule has 0 saturated heterocycles. The normalized spacial score (nSPS) is 9.55. The van der Waals surface area contributed by atoms with Gasteiger partial charge in [-0.1, -0.05) is 32.6 Å². The molecule has 3 N–H and O–H groups in total. The topological polar surface area (TPSA) is 110 Å². The molecule has 0 saturated carbocycles. The lowest BCUT2D eigenvalue weighted by Gasteiger charge is -2.23. The molecule has 1 aromatic carbocycles. The van der Waals surface area contributed by atoms with E-state index in [0.29, 0.717) is 5.95 Å². The van der Waals surface area contributed by atoms with Crippen molar-refractivity contribution in [3.8, 4) is 0 Å². The van der Waals surface area contributed by atoms with Gasteiger partial charge in [0.2, 0.25) is 11.9 Å². The van der Waals surface area contributed by atoms with Gasteiger partial charge in [-0.3, -0.25) is 4.79 Å². The molecule has 9 heteroatoms. The summed E-state index contributed by atoms with van der Waals surface area (Å²) in [6, 6.07) is 8.20. The van der Waals surface area contributed by atoms with Crippen molar-refractivity contribution in [2.45, 2.75) is 26.7 Å². The Bertz CT molecular complexity index is 902. The highest BCUT2D eigenvalue weighted by molar-refractivity contribution is 9.10. The molecule has 0 aliphatic heterocycles. The number of rotatable bonds is 6. The number of carbonyl (C=O) groups excluding carboxylic acids is 1. The van der Waals surface area contributed by atoms with Gasteiger partial charge in [0.1, 0.15) is 12.1 Å². The number of nitrogens with one attached hydrogen (secondary N) is 1. The summed E-state index contributed by atoms with van der Waals surface area (Å²) in [5.74, 6) is 1.22. The minimum absolute atomic E-state index is 0.144. The van der Waals surface area contributed by atoms with Crippen LogP contribution >= 0.6 is 15.9 Å². The van der Waals surface area contributed by atoms with Gasteiger partial charge in [0, 0.05) is 37.9 Å². The van der Waals surface area contributed by atoms with Crippen LogP contribution in [0.25, 0.3) is 10.9 Å². The average Bonchev–Trinajstić information content (AvgIpc) is 2.81. The first kappa shape index (κ1) is 26.0. The lowest BCUT2D eigenvalue weighted by atomic mass is 10.2. The first-order chi connectivity index (χ1) is 15.0. The molecule has 2 heterocycles. The molecule has 3 aromatic rings. The van der Waals surface area contributed by atoms with Crippen molar-refractivity contribution < 1.29 is 4.79 Å². The van der Waals surface area contributed by atoms with E-state index in [1.807, 2.05) is 18.2 Å². The fraction of sp³-hybridized carbons (Fsp3) is 0.318. The van der Waals surface area contributed by atoms with Crippen LogP contribution in [0.2, 0.25) is 0 Å². The van der Waals surface area contributed by atoms with E-state index in [2.05, 4.69) is 72.6 Å². The summed E-state index contributed by atoms with van der Waals surface area (Å²) in [6.45, 7) is 9.72. The molecule has 0 bridgehead atoms. The second-order valence-electron chi connectivity index (χ2n) is 6.28. The molecule has 8 nitrogen and oxygen atoms in total. The number of anilines is 2. The van der Waals surface area contributed by atoms with Crippen molar-refractivity contribution in [1.29, 1.82) is 0 Å². The molecule has 0 fully saturated rings. The SMILES string of the molecule is C=CC(=O)NC.CCCN(CCC)c1ncnc2ccccc12.Nc1ncc(Br)cn1. The highest BCUT2D eigenvalue weighted by Crippen LogP contribution is 2.22. The predicted molar refractivity (Wildman–Crippen MR) is 131 cm³/mol. The van der Waals surface area contributed by atoms with Crippen molar-refractivity contribution in [1.82, 2.24) is 25.3 Å². The molecule has 3 rings (SSSR count). The zero-order chi connectivity index (χ0) is 23.1. The molecule has 2 aromatic heterocycles.